The molecule has 0 spiro atoms. The van der Waals surface area contributed by atoms with Gasteiger partial charge in [-0.15, -0.1) is 0 Å². The second kappa shape index (κ2) is 6.73. The molecule has 0 fully saturated rings. The molecule has 0 nitrogen and oxygen atoms in total. The summed E-state index contributed by atoms with van der Waals surface area (Å²) >= 11 is 8.34. The van der Waals surface area contributed by atoms with Gasteiger partial charge in [0.2, 0.25) is 0 Å². The van der Waals surface area contributed by atoms with Crippen molar-refractivity contribution in [1.82, 2.24) is 0 Å². The Morgan fingerprint density at radius 2 is 1.15 bits per heavy atom. The van der Waals surface area contributed by atoms with Crippen molar-refractivity contribution < 1.29 is 0 Å². The molecule has 0 amide bonds. The molecule has 20 heavy (non-hydrogen) atoms. The molecule has 0 aliphatic heterocycles. The summed E-state index contributed by atoms with van der Waals surface area (Å²) in [4.78, 5) is 0. The van der Waals surface area contributed by atoms with Crippen LogP contribution in [-0.2, 0) is 12.3 Å². The standard InChI is InChI=1S/C17H21Br2P/c1-2-13-20(18,19,14-16-9-5-3-6-10-16)15-17-11-7-4-8-12-17/h3-12H,2,13-15H2,1H3. The molecule has 2 rings (SSSR count). The predicted molar refractivity (Wildman–Crippen MR) is 100 cm³/mol. The van der Waals surface area contributed by atoms with Gasteiger partial charge in [0.15, 0.2) is 0 Å². The molecule has 2 aromatic carbocycles. The molecule has 0 unspecified atom stereocenters. The van der Waals surface area contributed by atoms with E-state index in [1.165, 1.54) is 23.7 Å². The number of halogens is 2. The monoisotopic (exact) mass is 414 g/mol. The molecule has 0 aliphatic rings. The zero-order valence-corrected chi connectivity index (χ0v) is 15.9. The Hall–Kier alpha value is -0.170. The van der Waals surface area contributed by atoms with Gasteiger partial charge >= 0.3 is 139 Å². The van der Waals surface area contributed by atoms with Crippen molar-refractivity contribution in [2.75, 3.05) is 6.16 Å². The van der Waals surface area contributed by atoms with E-state index in [1.807, 2.05) is 0 Å². The summed E-state index contributed by atoms with van der Waals surface area (Å²) in [7, 11) is 0. The topological polar surface area (TPSA) is 0 Å². The third-order valence-corrected chi connectivity index (χ3v) is 12.1. The van der Waals surface area contributed by atoms with Crippen molar-refractivity contribution in [3.63, 3.8) is 0 Å². The molecule has 0 saturated heterocycles. The van der Waals surface area contributed by atoms with E-state index >= 15 is 0 Å². The van der Waals surface area contributed by atoms with Crippen LogP contribution in [0.25, 0.3) is 0 Å². The van der Waals surface area contributed by atoms with Gasteiger partial charge in [-0.3, -0.25) is 0 Å². The first-order valence-electron chi connectivity index (χ1n) is 7.02. The van der Waals surface area contributed by atoms with Crippen molar-refractivity contribution >= 4 is 35.0 Å². The van der Waals surface area contributed by atoms with E-state index in [1.54, 1.807) is 0 Å². The van der Waals surface area contributed by atoms with Gasteiger partial charge in [0.1, 0.15) is 0 Å². The summed E-state index contributed by atoms with van der Waals surface area (Å²) in [6.45, 7) is 2.26. The predicted octanol–water partition coefficient (Wildman–Crippen LogP) is 6.97. The van der Waals surface area contributed by atoms with Crippen LogP contribution in [-0.4, -0.2) is 6.16 Å². The first kappa shape index (κ1) is 16.2. The maximum atomic E-state index is 4.17. The fourth-order valence-corrected chi connectivity index (χ4v) is 11.7. The Labute approximate surface area is 138 Å². The van der Waals surface area contributed by atoms with E-state index in [-0.39, 0.29) is 0 Å². The third-order valence-electron chi connectivity index (χ3n) is 3.45. The Balaban J connectivity index is 2.26. The second-order valence-corrected chi connectivity index (χ2v) is 23.5. The molecular formula is C17H21Br2P. The molecule has 3 heteroatoms. The van der Waals surface area contributed by atoms with Crippen molar-refractivity contribution in [2.45, 2.75) is 25.7 Å². The van der Waals surface area contributed by atoms with Crippen molar-refractivity contribution in [3.05, 3.63) is 71.8 Å². The van der Waals surface area contributed by atoms with Gasteiger partial charge < -0.3 is 0 Å². The molecule has 0 saturated carbocycles. The van der Waals surface area contributed by atoms with E-state index in [9.17, 15) is 0 Å². The molecule has 0 heterocycles. The quantitative estimate of drug-likeness (QED) is 0.447. The van der Waals surface area contributed by atoms with Crippen LogP contribution in [0.3, 0.4) is 0 Å². The van der Waals surface area contributed by atoms with Crippen LogP contribution in [0, 0.1) is 0 Å². The van der Waals surface area contributed by atoms with Gasteiger partial charge in [0.25, 0.3) is 0 Å². The number of benzene rings is 2. The molecule has 2 aromatic rings. The summed E-state index contributed by atoms with van der Waals surface area (Å²) < 4.78 is -2.09. The fraction of sp³-hybridized carbons (Fsp3) is 0.294. The van der Waals surface area contributed by atoms with E-state index in [0.29, 0.717) is 0 Å². The zero-order valence-electron chi connectivity index (χ0n) is 11.8. The van der Waals surface area contributed by atoms with Gasteiger partial charge in [-0.05, 0) is 0 Å². The minimum absolute atomic E-state index is 1.09. The van der Waals surface area contributed by atoms with Crippen molar-refractivity contribution in [2.24, 2.45) is 0 Å². The van der Waals surface area contributed by atoms with Gasteiger partial charge in [-0.25, -0.2) is 0 Å². The maximum absolute atomic E-state index is 4.17. The van der Waals surface area contributed by atoms with Crippen LogP contribution in [0.1, 0.15) is 24.5 Å². The van der Waals surface area contributed by atoms with Crippen LogP contribution in [0.15, 0.2) is 60.7 Å². The Morgan fingerprint density at radius 1 is 0.750 bits per heavy atom. The van der Waals surface area contributed by atoms with Crippen LogP contribution in [0.2, 0.25) is 0 Å². The molecule has 0 atom stereocenters. The molecule has 108 valence electrons. The average Bonchev–Trinajstić information content (AvgIpc) is 2.40. The number of hydrogen-bond acceptors (Lipinski definition) is 0. The summed E-state index contributed by atoms with van der Waals surface area (Å²) in [5.74, 6) is 0. The zero-order chi connectivity index (χ0) is 14.5. The molecule has 0 N–H and O–H groups in total. The van der Waals surface area contributed by atoms with Gasteiger partial charge in [-0.2, -0.15) is 0 Å². The molecule has 0 aliphatic carbocycles. The third kappa shape index (κ3) is 4.69. The first-order valence-corrected chi connectivity index (χ1v) is 13.9. The Bertz CT molecular complexity index is 492. The second-order valence-electron chi connectivity index (χ2n) is 5.46. The van der Waals surface area contributed by atoms with E-state index in [2.05, 4.69) is 98.6 Å². The van der Waals surface area contributed by atoms with Crippen LogP contribution in [0.4, 0.5) is 0 Å². The normalized spacial score (nSPS) is 13.7. The van der Waals surface area contributed by atoms with E-state index in [0.717, 1.165) is 12.3 Å². The minimum atomic E-state index is -2.09. The summed E-state index contributed by atoms with van der Waals surface area (Å²) in [6.07, 6.45) is 4.58. The fourth-order valence-electron chi connectivity index (χ4n) is 2.66. The van der Waals surface area contributed by atoms with Gasteiger partial charge in [-0.1, -0.05) is 0 Å². The van der Waals surface area contributed by atoms with E-state index in [4.69, 9.17) is 0 Å². The Kier molecular flexibility index (Phi) is 5.45. The molecular weight excluding hydrogens is 395 g/mol. The molecule has 0 aromatic heterocycles. The van der Waals surface area contributed by atoms with Crippen molar-refractivity contribution in [3.8, 4) is 0 Å². The number of hydrogen-bond donors (Lipinski definition) is 0. The van der Waals surface area contributed by atoms with Gasteiger partial charge in [0, 0.05) is 0 Å². The Morgan fingerprint density at radius 3 is 1.50 bits per heavy atom. The van der Waals surface area contributed by atoms with Crippen LogP contribution in [0.5, 0.6) is 0 Å². The van der Waals surface area contributed by atoms with Gasteiger partial charge in [0.05, 0.1) is 0 Å². The van der Waals surface area contributed by atoms with Crippen molar-refractivity contribution in [1.29, 1.82) is 0 Å². The first-order chi connectivity index (χ1) is 9.50. The number of rotatable bonds is 6. The summed E-state index contributed by atoms with van der Waals surface area (Å²) in [5.41, 5.74) is 2.81. The van der Waals surface area contributed by atoms with Crippen LogP contribution >= 0.6 is 35.0 Å². The SMILES string of the molecule is CCCP(Br)(Br)(Cc1ccccc1)Cc1ccccc1. The molecule has 0 radical (unpaired) electrons. The average molecular weight is 416 g/mol. The van der Waals surface area contributed by atoms with Crippen LogP contribution < -0.4 is 0 Å². The summed E-state index contributed by atoms with van der Waals surface area (Å²) in [5, 5.41) is 0. The summed E-state index contributed by atoms with van der Waals surface area (Å²) in [6, 6.07) is 21.6. The molecule has 0 bridgehead atoms. The van der Waals surface area contributed by atoms with E-state index < -0.39 is 4.01 Å².